The van der Waals surface area contributed by atoms with Gasteiger partial charge in [-0.2, -0.15) is 0 Å². The second kappa shape index (κ2) is 14.5. The monoisotopic (exact) mass is 424 g/mol. The van der Waals surface area contributed by atoms with Crippen LogP contribution in [0.5, 0.6) is 5.75 Å². The largest absolute Gasteiger partial charge is 0.489 e. The van der Waals surface area contributed by atoms with E-state index in [2.05, 4.69) is 49.4 Å². The molecule has 0 bridgehead atoms. The molecule has 0 heterocycles. The van der Waals surface area contributed by atoms with Crippen LogP contribution in [0.15, 0.2) is 48.1 Å². The van der Waals surface area contributed by atoms with Gasteiger partial charge >= 0.3 is 0 Å². The van der Waals surface area contributed by atoms with Gasteiger partial charge in [0.1, 0.15) is 12.4 Å². The van der Waals surface area contributed by atoms with Crippen molar-refractivity contribution in [3.05, 3.63) is 53.6 Å². The summed E-state index contributed by atoms with van der Waals surface area (Å²) >= 11 is 0. The summed E-state index contributed by atoms with van der Waals surface area (Å²) in [5, 5.41) is 0. The lowest BCUT2D eigenvalue weighted by Gasteiger charge is -2.37. The van der Waals surface area contributed by atoms with Crippen LogP contribution in [0.3, 0.4) is 0 Å². The zero-order valence-electron chi connectivity index (χ0n) is 21.0. The molecule has 2 fully saturated rings. The van der Waals surface area contributed by atoms with Crippen LogP contribution in [0.1, 0.15) is 110 Å². The maximum Gasteiger partial charge on any atom is 0.119 e. The molecule has 0 saturated heterocycles. The maximum atomic E-state index is 5.97. The van der Waals surface area contributed by atoms with Gasteiger partial charge in [-0.05, 0) is 98.3 Å². The van der Waals surface area contributed by atoms with Crippen molar-refractivity contribution < 1.29 is 4.74 Å². The smallest absolute Gasteiger partial charge is 0.119 e. The first kappa shape index (κ1) is 25.8. The molecule has 174 valence electrons. The molecule has 31 heavy (non-hydrogen) atoms. The molecule has 1 aromatic carbocycles. The second-order valence-electron chi connectivity index (χ2n) is 9.25. The van der Waals surface area contributed by atoms with Gasteiger partial charge < -0.3 is 4.74 Å². The molecule has 0 aliphatic heterocycles. The molecule has 0 radical (unpaired) electrons. The van der Waals surface area contributed by atoms with E-state index in [1.807, 2.05) is 27.7 Å². The normalized spacial score (nSPS) is 27.7. The Morgan fingerprint density at radius 2 is 1.32 bits per heavy atom. The average molecular weight is 425 g/mol. The fraction of sp³-hybridized carbons (Fsp3) is 0.667. The van der Waals surface area contributed by atoms with Crippen molar-refractivity contribution in [3.63, 3.8) is 0 Å². The molecule has 4 rings (SSSR count). The zero-order valence-corrected chi connectivity index (χ0v) is 21.0. The van der Waals surface area contributed by atoms with Gasteiger partial charge in [0.2, 0.25) is 0 Å². The summed E-state index contributed by atoms with van der Waals surface area (Å²) in [6, 6.07) is 8.98. The van der Waals surface area contributed by atoms with Crippen LogP contribution in [0.4, 0.5) is 0 Å². The topological polar surface area (TPSA) is 9.23 Å². The first-order chi connectivity index (χ1) is 15.3. The summed E-state index contributed by atoms with van der Waals surface area (Å²) in [6.07, 6.45) is 20.6. The summed E-state index contributed by atoms with van der Waals surface area (Å²) in [5.41, 5.74) is 2.83. The number of rotatable bonds is 5. The number of allylic oxidation sites excluding steroid dienone is 2. The van der Waals surface area contributed by atoms with Gasteiger partial charge in [0, 0.05) is 0 Å². The van der Waals surface area contributed by atoms with Crippen LogP contribution >= 0.6 is 0 Å². The highest BCUT2D eigenvalue weighted by atomic mass is 16.5. The molecule has 1 heteroatoms. The first-order valence-corrected chi connectivity index (χ1v) is 13.4. The molecule has 2 saturated carbocycles. The fourth-order valence-corrected chi connectivity index (χ4v) is 5.46. The van der Waals surface area contributed by atoms with Crippen LogP contribution in [-0.2, 0) is 0 Å². The number of hydrogen-bond acceptors (Lipinski definition) is 1. The highest BCUT2D eigenvalue weighted by Gasteiger charge is 2.30. The third kappa shape index (κ3) is 8.17. The molecular formula is C30H48O. The van der Waals surface area contributed by atoms with Crippen LogP contribution in [0, 0.1) is 17.8 Å². The summed E-state index contributed by atoms with van der Waals surface area (Å²) in [5.74, 6) is 4.78. The third-order valence-corrected chi connectivity index (χ3v) is 7.33. The van der Waals surface area contributed by atoms with E-state index in [4.69, 9.17) is 4.74 Å². The number of hydrogen-bond donors (Lipinski definition) is 0. The van der Waals surface area contributed by atoms with Crippen molar-refractivity contribution in [2.75, 3.05) is 6.61 Å². The van der Waals surface area contributed by atoms with Gasteiger partial charge in [0.05, 0.1) is 0 Å². The van der Waals surface area contributed by atoms with E-state index >= 15 is 0 Å². The van der Waals surface area contributed by atoms with Crippen LogP contribution in [0.25, 0.3) is 0 Å². The van der Waals surface area contributed by atoms with Gasteiger partial charge in [0.25, 0.3) is 0 Å². The lowest BCUT2D eigenvalue weighted by Crippen LogP contribution is -2.24. The van der Waals surface area contributed by atoms with Gasteiger partial charge in [-0.3, -0.25) is 0 Å². The molecule has 0 N–H and O–H groups in total. The Balaban J connectivity index is 0.000000807. The lowest BCUT2D eigenvalue weighted by molar-refractivity contribution is 0.165. The first-order valence-electron chi connectivity index (χ1n) is 13.4. The molecule has 0 aromatic heterocycles. The number of ether oxygens (including phenoxy) is 1. The van der Waals surface area contributed by atoms with Crippen molar-refractivity contribution in [2.24, 2.45) is 17.8 Å². The zero-order chi connectivity index (χ0) is 22.5. The van der Waals surface area contributed by atoms with Crippen LogP contribution < -0.4 is 4.74 Å². The van der Waals surface area contributed by atoms with Gasteiger partial charge in [-0.1, -0.05) is 77.8 Å². The summed E-state index contributed by atoms with van der Waals surface area (Å²) in [7, 11) is 0. The van der Waals surface area contributed by atoms with Gasteiger partial charge in [-0.25, -0.2) is 0 Å². The van der Waals surface area contributed by atoms with Crippen molar-refractivity contribution in [1.29, 1.82) is 0 Å². The van der Waals surface area contributed by atoms with Gasteiger partial charge in [0.15, 0.2) is 0 Å². The minimum Gasteiger partial charge on any atom is -0.489 e. The van der Waals surface area contributed by atoms with E-state index in [0.29, 0.717) is 6.61 Å². The minimum absolute atomic E-state index is 0.695. The Hall–Kier alpha value is -1.50. The molecule has 3 aliphatic carbocycles. The van der Waals surface area contributed by atoms with E-state index in [1.165, 1.54) is 68.9 Å². The van der Waals surface area contributed by atoms with Crippen molar-refractivity contribution in [3.8, 4) is 5.75 Å². The van der Waals surface area contributed by atoms with Crippen molar-refractivity contribution in [2.45, 2.75) is 105 Å². The molecule has 0 amide bonds. The Kier molecular flexibility index (Phi) is 12.1. The molecule has 3 aliphatic rings. The summed E-state index contributed by atoms with van der Waals surface area (Å²) in [6.45, 7) is 11.1. The van der Waals surface area contributed by atoms with E-state index in [1.54, 1.807) is 0 Å². The predicted molar refractivity (Wildman–Crippen MR) is 137 cm³/mol. The van der Waals surface area contributed by atoms with E-state index < -0.39 is 0 Å². The van der Waals surface area contributed by atoms with E-state index in [9.17, 15) is 0 Å². The average Bonchev–Trinajstić information content (AvgIpc) is 2.87. The number of benzene rings is 1. The maximum absolute atomic E-state index is 5.97. The molecule has 0 spiro atoms. The molecular weight excluding hydrogens is 376 g/mol. The highest BCUT2D eigenvalue weighted by Crippen LogP contribution is 2.43. The Bertz CT molecular complexity index is 637. The van der Waals surface area contributed by atoms with Gasteiger partial charge in [-0.15, -0.1) is 0 Å². The second-order valence-corrected chi connectivity index (χ2v) is 9.25. The summed E-state index contributed by atoms with van der Waals surface area (Å²) in [4.78, 5) is 0. The lowest BCUT2D eigenvalue weighted by atomic mass is 9.68. The predicted octanol–water partition coefficient (Wildman–Crippen LogP) is 9.49. The van der Waals surface area contributed by atoms with Crippen LogP contribution in [-0.4, -0.2) is 6.61 Å². The SMILES string of the molecule is CC.CC.CC1CCC(C2CCC(c3ccc(OCC4=CCCC=C4)cc3)CC2)CC1. The minimum atomic E-state index is 0.695. The fourth-order valence-electron chi connectivity index (χ4n) is 5.46. The molecule has 0 unspecified atom stereocenters. The Morgan fingerprint density at radius 1 is 0.742 bits per heavy atom. The Labute approximate surface area is 193 Å². The van der Waals surface area contributed by atoms with E-state index in [0.717, 1.165) is 35.8 Å². The quantitative estimate of drug-likeness (QED) is 0.457. The molecule has 0 atom stereocenters. The third-order valence-electron chi connectivity index (χ3n) is 7.33. The Morgan fingerprint density at radius 3 is 1.87 bits per heavy atom. The van der Waals surface area contributed by atoms with Crippen molar-refractivity contribution in [1.82, 2.24) is 0 Å². The van der Waals surface area contributed by atoms with Crippen molar-refractivity contribution >= 4 is 0 Å². The molecule has 1 nitrogen and oxygen atoms in total. The molecule has 1 aromatic rings. The highest BCUT2D eigenvalue weighted by molar-refractivity contribution is 5.31. The summed E-state index contributed by atoms with van der Waals surface area (Å²) < 4.78 is 5.97. The standard InChI is InChI=1S/C26H36O.2C2H6/c1-20-7-9-22(10-8-20)23-11-13-24(14-12-23)25-15-17-26(18-16-25)27-19-21-5-3-2-4-6-21;2*1-2/h3,5-6,15-18,20,22-24H,2,4,7-14,19H2,1H3;2*1-2H3. The van der Waals surface area contributed by atoms with E-state index in [-0.39, 0.29) is 0 Å². The van der Waals surface area contributed by atoms with Crippen LogP contribution in [0.2, 0.25) is 0 Å².